The maximum atomic E-state index is 6.91. The van der Waals surface area contributed by atoms with E-state index in [1.807, 2.05) is 0 Å². The summed E-state index contributed by atoms with van der Waals surface area (Å²) >= 11 is 0. The second-order valence-corrected chi connectivity index (χ2v) is 13.0. The van der Waals surface area contributed by atoms with Crippen LogP contribution in [0.25, 0.3) is 60.6 Å². The minimum atomic E-state index is 0.232. The van der Waals surface area contributed by atoms with E-state index in [2.05, 4.69) is 156 Å². The Kier molecular flexibility index (Phi) is 6.13. The van der Waals surface area contributed by atoms with Gasteiger partial charge < -0.3 is 8.98 Å². The Morgan fingerprint density at radius 2 is 1.35 bits per heavy atom. The van der Waals surface area contributed by atoms with Gasteiger partial charge in [-0.1, -0.05) is 127 Å². The lowest BCUT2D eigenvalue weighted by atomic mass is 9.79. The van der Waals surface area contributed by atoms with Gasteiger partial charge in [0.2, 0.25) is 0 Å². The van der Waals surface area contributed by atoms with Gasteiger partial charge in [0, 0.05) is 45.3 Å². The molecule has 48 heavy (non-hydrogen) atoms. The second kappa shape index (κ2) is 10.8. The first-order valence-corrected chi connectivity index (χ1v) is 16.9. The molecular weight excluding hydrogens is 585 g/mol. The zero-order valence-corrected chi connectivity index (χ0v) is 26.4. The molecule has 0 bridgehead atoms. The number of para-hydroxylation sites is 2. The Hall–Kier alpha value is -5.93. The Morgan fingerprint density at radius 3 is 2.23 bits per heavy atom. The summed E-state index contributed by atoms with van der Waals surface area (Å²) in [5.41, 5.74) is 13.9. The van der Waals surface area contributed by atoms with Gasteiger partial charge >= 0.3 is 0 Å². The summed E-state index contributed by atoms with van der Waals surface area (Å²) in [5.74, 6) is 0.232. The number of allylic oxidation sites excluding steroid dienone is 4. The molecule has 0 saturated heterocycles. The van der Waals surface area contributed by atoms with E-state index in [0.717, 1.165) is 46.9 Å². The van der Waals surface area contributed by atoms with Gasteiger partial charge in [-0.25, -0.2) is 0 Å². The highest BCUT2D eigenvalue weighted by Crippen LogP contribution is 2.43. The fraction of sp³-hybridized carbons (Fsp3) is 0.0889. The predicted molar refractivity (Wildman–Crippen MR) is 199 cm³/mol. The molecule has 8 aromatic rings. The zero-order valence-electron chi connectivity index (χ0n) is 26.4. The number of nitrogens with zero attached hydrogens (tertiary/aromatic N) is 2. The second-order valence-electron chi connectivity index (χ2n) is 13.0. The SMILES string of the molecule is C1=CC2=C(CC1)N=C(c1ccccc1)CC2c1ccc2c(c1)oc1c(-n3c4ccccc4c4ccc(-c5ccccc5)cc43)cccc12. The molecule has 3 heterocycles. The van der Waals surface area contributed by atoms with Crippen molar-refractivity contribution >= 4 is 49.5 Å². The van der Waals surface area contributed by atoms with E-state index < -0.39 is 0 Å². The van der Waals surface area contributed by atoms with Crippen LogP contribution in [0.15, 0.2) is 172 Å². The third-order valence-electron chi connectivity index (χ3n) is 10.3. The number of benzene rings is 6. The molecule has 0 fully saturated rings. The van der Waals surface area contributed by atoms with Crippen molar-refractivity contribution in [1.29, 1.82) is 0 Å². The molecule has 1 aliphatic carbocycles. The number of rotatable bonds is 4. The summed E-state index contributed by atoms with van der Waals surface area (Å²) < 4.78 is 9.30. The topological polar surface area (TPSA) is 30.4 Å². The van der Waals surface area contributed by atoms with Crippen molar-refractivity contribution in [3.05, 3.63) is 174 Å². The van der Waals surface area contributed by atoms with Crippen molar-refractivity contribution in [2.75, 3.05) is 0 Å². The Bertz CT molecular complexity index is 2630. The van der Waals surface area contributed by atoms with E-state index in [9.17, 15) is 0 Å². The van der Waals surface area contributed by atoms with Crippen LogP contribution >= 0.6 is 0 Å². The quantitative estimate of drug-likeness (QED) is 0.193. The summed E-state index contributed by atoms with van der Waals surface area (Å²) in [6.45, 7) is 0. The highest BCUT2D eigenvalue weighted by atomic mass is 16.3. The molecule has 10 rings (SSSR count). The van der Waals surface area contributed by atoms with E-state index in [1.54, 1.807) is 0 Å². The highest BCUT2D eigenvalue weighted by Gasteiger charge is 2.28. The van der Waals surface area contributed by atoms with Crippen LogP contribution < -0.4 is 0 Å². The first-order chi connectivity index (χ1) is 23.8. The van der Waals surface area contributed by atoms with E-state index in [-0.39, 0.29) is 5.92 Å². The first-order valence-electron chi connectivity index (χ1n) is 16.9. The van der Waals surface area contributed by atoms with Crippen LogP contribution in [-0.2, 0) is 0 Å². The smallest absolute Gasteiger partial charge is 0.159 e. The fourth-order valence-corrected chi connectivity index (χ4v) is 7.96. The first kappa shape index (κ1) is 27.2. The lowest BCUT2D eigenvalue weighted by molar-refractivity contribution is 0.664. The molecule has 6 aromatic carbocycles. The van der Waals surface area contributed by atoms with Crippen molar-refractivity contribution in [2.24, 2.45) is 4.99 Å². The maximum Gasteiger partial charge on any atom is 0.159 e. The van der Waals surface area contributed by atoms with Gasteiger partial charge in [0.1, 0.15) is 5.58 Å². The van der Waals surface area contributed by atoms with Gasteiger partial charge in [0.15, 0.2) is 5.58 Å². The van der Waals surface area contributed by atoms with Crippen molar-refractivity contribution < 1.29 is 4.42 Å². The molecule has 0 spiro atoms. The largest absolute Gasteiger partial charge is 0.454 e. The molecule has 0 N–H and O–H groups in total. The predicted octanol–water partition coefficient (Wildman–Crippen LogP) is 11.9. The molecular formula is C45H32N2O. The van der Waals surface area contributed by atoms with Crippen LogP contribution in [0, 0.1) is 0 Å². The Labute approximate surface area is 278 Å². The standard InChI is InChI=1S/C45H32N2O/c1-3-12-29(13-4-1)31-22-24-35-34-17-8-10-20-41(34)47(43(35)26-31)42-21-11-18-37-36-25-23-32(27-44(36)48-45(37)42)38-28-40(30-14-5-2-6-15-30)46-39-19-9-7-16-33(38)39/h1-8,10-18,20-27,38H,9,19,28H2. The monoisotopic (exact) mass is 616 g/mol. The van der Waals surface area contributed by atoms with E-state index in [1.165, 1.54) is 61.0 Å². The number of hydrogen-bond acceptors (Lipinski definition) is 2. The Balaban J connectivity index is 1.14. The minimum absolute atomic E-state index is 0.232. The summed E-state index contributed by atoms with van der Waals surface area (Å²) in [5, 5.41) is 4.74. The van der Waals surface area contributed by atoms with Crippen molar-refractivity contribution in [3.63, 3.8) is 0 Å². The van der Waals surface area contributed by atoms with E-state index in [0.29, 0.717) is 0 Å². The number of hydrogen-bond donors (Lipinski definition) is 0. The number of aliphatic imine (C=N–C) groups is 1. The molecule has 1 atom stereocenters. The molecule has 0 saturated carbocycles. The third-order valence-corrected chi connectivity index (χ3v) is 10.3. The molecule has 1 aliphatic heterocycles. The van der Waals surface area contributed by atoms with E-state index >= 15 is 0 Å². The molecule has 0 amide bonds. The number of aromatic nitrogens is 1. The van der Waals surface area contributed by atoms with Crippen LogP contribution in [0.5, 0.6) is 0 Å². The molecule has 2 aromatic heterocycles. The third kappa shape index (κ3) is 4.24. The van der Waals surface area contributed by atoms with Gasteiger partial charge in [-0.3, -0.25) is 4.99 Å². The maximum absolute atomic E-state index is 6.91. The molecule has 3 nitrogen and oxygen atoms in total. The van der Waals surface area contributed by atoms with Gasteiger partial charge in [-0.05, 0) is 64.9 Å². The van der Waals surface area contributed by atoms with E-state index in [4.69, 9.17) is 9.41 Å². The van der Waals surface area contributed by atoms with Gasteiger partial charge in [-0.15, -0.1) is 0 Å². The van der Waals surface area contributed by atoms with Crippen LogP contribution in [0.3, 0.4) is 0 Å². The highest BCUT2D eigenvalue weighted by molar-refractivity contribution is 6.13. The normalized spacial score (nSPS) is 16.2. The van der Waals surface area contributed by atoms with Gasteiger partial charge in [0.05, 0.1) is 16.7 Å². The summed E-state index contributed by atoms with van der Waals surface area (Å²) in [7, 11) is 0. The molecule has 2 aliphatic rings. The molecule has 0 radical (unpaired) electrons. The van der Waals surface area contributed by atoms with Crippen LogP contribution in [0.2, 0.25) is 0 Å². The number of fused-ring (bicyclic) bond motifs is 6. The van der Waals surface area contributed by atoms with Crippen LogP contribution in [0.4, 0.5) is 0 Å². The summed E-state index contributed by atoms with van der Waals surface area (Å²) in [4.78, 5) is 5.18. The lowest BCUT2D eigenvalue weighted by Gasteiger charge is -2.28. The Morgan fingerprint density at radius 1 is 0.604 bits per heavy atom. The minimum Gasteiger partial charge on any atom is -0.454 e. The summed E-state index contributed by atoms with van der Waals surface area (Å²) in [6, 6.07) is 50.2. The zero-order chi connectivity index (χ0) is 31.6. The van der Waals surface area contributed by atoms with Crippen LogP contribution in [-0.4, -0.2) is 10.3 Å². The lowest BCUT2D eigenvalue weighted by Crippen LogP contribution is -2.17. The average Bonchev–Trinajstić information content (AvgIpc) is 3.70. The van der Waals surface area contributed by atoms with Crippen LogP contribution in [0.1, 0.15) is 36.3 Å². The van der Waals surface area contributed by atoms with Crippen molar-refractivity contribution in [1.82, 2.24) is 4.57 Å². The molecule has 3 heteroatoms. The molecule has 228 valence electrons. The average molecular weight is 617 g/mol. The number of furan rings is 1. The van der Waals surface area contributed by atoms with Crippen molar-refractivity contribution in [3.8, 4) is 16.8 Å². The fourth-order valence-electron chi connectivity index (χ4n) is 7.96. The van der Waals surface area contributed by atoms with Gasteiger partial charge in [0.25, 0.3) is 0 Å². The summed E-state index contributed by atoms with van der Waals surface area (Å²) in [6.07, 6.45) is 7.50. The van der Waals surface area contributed by atoms with Crippen molar-refractivity contribution in [2.45, 2.75) is 25.2 Å². The molecule has 1 unspecified atom stereocenters. The van der Waals surface area contributed by atoms with Gasteiger partial charge in [-0.2, -0.15) is 0 Å².